The van der Waals surface area contributed by atoms with Crippen LogP contribution in [0.15, 0.2) is 60.9 Å². The number of ether oxygens (including phenoxy) is 1. The lowest BCUT2D eigenvalue weighted by Crippen LogP contribution is -2.14. The summed E-state index contributed by atoms with van der Waals surface area (Å²) in [6.45, 7) is -0.0876. The molecule has 1 heterocycles. The monoisotopic (exact) mass is 356 g/mol. The summed E-state index contributed by atoms with van der Waals surface area (Å²) in [4.78, 5) is 23.9. The lowest BCUT2D eigenvalue weighted by molar-refractivity contribution is 0.0474. The zero-order valence-corrected chi connectivity index (χ0v) is 13.6. The molecule has 3 rings (SSSR count). The minimum Gasteiger partial charge on any atom is -0.454 e. The molecule has 0 aliphatic heterocycles. The van der Waals surface area contributed by atoms with Gasteiger partial charge in [-0.2, -0.15) is 5.10 Å². The van der Waals surface area contributed by atoms with E-state index in [4.69, 9.17) is 4.74 Å². The third-order valence-electron chi connectivity index (χ3n) is 3.63. The molecule has 0 fully saturated rings. The van der Waals surface area contributed by atoms with Crippen molar-refractivity contribution < 1.29 is 23.1 Å². The van der Waals surface area contributed by atoms with Gasteiger partial charge in [-0.25, -0.2) is 13.6 Å². The largest absolute Gasteiger partial charge is 0.454 e. The van der Waals surface area contributed by atoms with E-state index in [-0.39, 0.29) is 11.1 Å². The molecule has 0 saturated heterocycles. The minimum absolute atomic E-state index is 0.0727. The van der Waals surface area contributed by atoms with Crippen LogP contribution in [0.2, 0.25) is 0 Å². The van der Waals surface area contributed by atoms with Crippen molar-refractivity contribution in [3.8, 4) is 0 Å². The molecule has 2 aromatic carbocycles. The zero-order chi connectivity index (χ0) is 18.5. The fraction of sp³-hybridized carbons (Fsp3) is 0.105. The standard InChI is InChI=1S/C19H14F2N2O3/c20-16-7-6-14(8-17(16)21)18(24)12-26-19(25)15-9-22-23(11-15)10-13-4-2-1-3-5-13/h1-9,11H,10,12H2. The van der Waals surface area contributed by atoms with E-state index in [2.05, 4.69) is 5.10 Å². The van der Waals surface area contributed by atoms with Gasteiger partial charge < -0.3 is 4.74 Å². The summed E-state index contributed by atoms with van der Waals surface area (Å²) in [5, 5.41) is 4.08. The van der Waals surface area contributed by atoms with E-state index >= 15 is 0 Å². The SMILES string of the molecule is O=C(COC(=O)c1cnn(Cc2ccccc2)c1)c1ccc(F)c(F)c1. The first-order chi connectivity index (χ1) is 12.5. The molecule has 132 valence electrons. The van der Waals surface area contributed by atoms with Crippen LogP contribution in [-0.2, 0) is 11.3 Å². The molecular formula is C19H14F2N2O3. The third-order valence-corrected chi connectivity index (χ3v) is 3.63. The molecule has 0 spiro atoms. The number of carbonyl (C=O) groups excluding carboxylic acids is 2. The molecule has 0 N–H and O–H groups in total. The maximum atomic E-state index is 13.1. The number of carbonyl (C=O) groups is 2. The van der Waals surface area contributed by atoms with Gasteiger partial charge in [0.25, 0.3) is 0 Å². The van der Waals surface area contributed by atoms with Crippen molar-refractivity contribution in [1.82, 2.24) is 9.78 Å². The fourth-order valence-corrected chi connectivity index (χ4v) is 2.29. The average Bonchev–Trinajstić information content (AvgIpc) is 3.11. The van der Waals surface area contributed by atoms with Crippen LogP contribution in [0.25, 0.3) is 0 Å². The quantitative estimate of drug-likeness (QED) is 0.502. The Balaban J connectivity index is 1.58. The number of nitrogens with zero attached hydrogens (tertiary/aromatic N) is 2. The van der Waals surface area contributed by atoms with E-state index in [1.165, 1.54) is 12.4 Å². The number of ketones is 1. The van der Waals surface area contributed by atoms with Gasteiger partial charge in [0.15, 0.2) is 24.0 Å². The van der Waals surface area contributed by atoms with Gasteiger partial charge >= 0.3 is 5.97 Å². The number of aromatic nitrogens is 2. The maximum absolute atomic E-state index is 13.1. The summed E-state index contributed by atoms with van der Waals surface area (Å²) in [5.74, 6) is -3.54. The summed E-state index contributed by atoms with van der Waals surface area (Å²) < 4.78 is 32.5. The lowest BCUT2D eigenvalue weighted by Gasteiger charge is -2.04. The van der Waals surface area contributed by atoms with Crippen molar-refractivity contribution in [1.29, 1.82) is 0 Å². The second-order valence-electron chi connectivity index (χ2n) is 5.54. The molecule has 3 aromatic rings. The Kier molecular flexibility index (Phi) is 5.17. The van der Waals surface area contributed by atoms with Gasteiger partial charge in [0.05, 0.1) is 18.3 Å². The first-order valence-corrected chi connectivity index (χ1v) is 7.74. The molecule has 5 nitrogen and oxygen atoms in total. The minimum atomic E-state index is -1.13. The molecule has 0 bridgehead atoms. The first kappa shape index (κ1) is 17.5. The first-order valence-electron chi connectivity index (χ1n) is 7.74. The highest BCUT2D eigenvalue weighted by Crippen LogP contribution is 2.10. The number of hydrogen-bond acceptors (Lipinski definition) is 4. The van der Waals surface area contributed by atoms with Gasteiger partial charge in [0, 0.05) is 11.8 Å². The maximum Gasteiger partial charge on any atom is 0.341 e. The van der Waals surface area contributed by atoms with Crippen LogP contribution in [0.5, 0.6) is 0 Å². The van der Waals surface area contributed by atoms with Crippen LogP contribution in [0.4, 0.5) is 8.78 Å². The Morgan fingerprint density at radius 2 is 1.77 bits per heavy atom. The molecule has 1 aromatic heterocycles. The molecular weight excluding hydrogens is 342 g/mol. The molecule has 0 aliphatic carbocycles. The second-order valence-corrected chi connectivity index (χ2v) is 5.54. The molecule has 0 atom stereocenters. The second kappa shape index (κ2) is 7.69. The number of Topliss-reactive ketones (excluding diaryl/α,β-unsaturated/α-hetero) is 1. The molecule has 0 radical (unpaired) electrons. The predicted octanol–water partition coefficient (Wildman–Crippen LogP) is 3.25. The smallest absolute Gasteiger partial charge is 0.341 e. The summed E-state index contributed by atoms with van der Waals surface area (Å²) in [6.07, 6.45) is 2.85. The molecule has 26 heavy (non-hydrogen) atoms. The average molecular weight is 356 g/mol. The normalized spacial score (nSPS) is 10.5. The Hall–Kier alpha value is -3.35. The highest BCUT2D eigenvalue weighted by atomic mass is 19.2. The number of esters is 1. The van der Waals surface area contributed by atoms with Gasteiger partial charge in [0.1, 0.15) is 0 Å². The molecule has 0 saturated carbocycles. The van der Waals surface area contributed by atoms with Crippen LogP contribution in [0.1, 0.15) is 26.3 Å². The van der Waals surface area contributed by atoms with Gasteiger partial charge in [-0.15, -0.1) is 0 Å². The Labute approximate surface area is 147 Å². The Bertz CT molecular complexity index is 939. The number of rotatable bonds is 6. The van der Waals surface area contributed by atoms with E-state index < -0.39 is 30.0 Å². The predicted molar refractivity (Wildman–Crippen MR) is 88.7 cm³/mol. The number of halogens is 2. The van der Waals surface area contributed by atoms with Crippen molar-refractivity contribution in [3.63, 3.8) is 0 Å². The van der Waals surface area contributed by atoms with E-state index in [0.717, 1.165) is 23.8 Å². The lowest BCUT2D eigenvalue weighted by atomic mass is 10.1. The van der Waals surface area contributed by atoms with E-state index in [1.54, 1.807) is 4.68 Å². The van der Waals surface area contributed by atoms with Crippen LogP contribution in [0.3, 0.4) is 0 Å². The van der Waals surface area contributed by atoms with Crippen LogP contribution in [-0.4, -0.2) is 28.1 Å². The van der Waals surface area contributed by atoms with E-state index in [1.807, 2.05) is 30.3 Å². The van der Waals surface area contributed by atoms with Crippen molar-refractivity contribution in [2.45, 2.75) is 6.54 Å². The summed E-state index contributed by atoms with van der Waals surface area (Å²) in [5.41, 5.74) is 1.14. The van der Waals surface area contributed by atoms with E-state index in [0.29, 0.717) is 6.54 Å². The highest BCUT2D eigenvalue weighted by Gasteiger charge is 2.15. The summed E-state index contributed by atoms with van der Waals surface area (Å²) in [7, 11) is 0. The van der Waals surface area contributed by atoms with Crippen molar-refractivity contribution >= 4 is 11.8 Å². The molecule has 0 amide bonds. The van der Waals surface area contributed by atoms with Crippen LogP contribution < -0.4 is 0 Å². The summed E-state index contributed by atoms with van der Waals surface area (Å²) in [6, 6.07) is 12.3. The van der Waals surface area contributed by atoms with Gasteiger partial charge in [-0.3, -0.25) is 9.48 Å². The fourth-order valence-electron chi connectivity index (χ4n) is 2.29. The van der Waals surface area contributed by atoms with Gasteiger partial charge in [-0.1, -0.05) is 30.3 Å². The Morgan fingerprint density at radius 1 is 1.00 bits per heavy atom. The van der Waals surface area contributed by atoms with Gasteiger partial charge in [0.2, 0.25) is 0 Å². The molecule has 0 aliphatic rings. The zero-order valence-electron chi connectivity index (χ0n) is 13.6. The number of hydrogen-bond donors (Lipinski definition) is 0. The molecule has 0 unspecified atom stereocenters. The van der Waals surface area contributed by atoms with Crippen LogP contribution in [0, 0.1) is 11.6 Å². The van der Waals surface area contributed by atoms with Crippen molar-refractivity contribution in [2.75, 3.05) is 6.61 Å². The highest BCUT2D eigenvalue weighted by molar-refractivity contribution is 5.99. The van der Waals surface area contributed by atoms with Crippen molar-refractivity contribution in [3.05, 3.63) is 89.2 Å². The summed E-state index contributed by atoms with van der Waals surface area (Å²) >= 11 is 0. The van der Waals surface area contributed by atoms with E-state index in [9.17, 15) is 18.4 Å². The third kappa shape index (κ3) is 4.18. The Morgan fingerprint density at radius 3 is 2.50 bits per heavy atom. The molecule has 7 heteroatoms. The van der Waals surface area contributed by atoms with Crippen molar-refractivity contribution in [2.24, 2.45) is 0 Å². The van der Waals surface area contributed by atoms with Gasteiger partial charge in [-0.05, 0) is 23.8 Å². The van der Waals surface area contributed by atoms with Crippen LogP contribution >= 0.6 is 0 Å². The number of benzene rings is 2. The topological polar surface area (TPSA) is 61.2 Å².